The molecule has 1 aliphatic rings. The number of thiophene rings is 1. The van der Waals surface area contributed by atoms with E-state index in [1.165, 1.54) is 47.9 Å². The van der Waals surface area contributed by atoms with Gasteiger partial charge in [0, 0.05) is 17.0 Å². The van der Waals surface area contributed by atoms with Crippen molar-refractivity contribution in [2.75, 3.05) is 5.75 Å². The molecule has 1 saturated carbocycles. The maximum atomic E-state index is 12.7. The third kappa shape index (κ3) is 4.31. The predicted octanol–water partition coefficient (Wildman–Crippen LogP) is 4.50. The average Bonchev–Trinajstić information content (AvgIpc) is 3.12. The van der Waals surface area contributed by atoms with E-state index in [0.29, 0.717) is 21.4 Å². The highest BCUT2D eigenvalue weighted by atomic mass is 32.2. The molecule has 2 aromatic heterocycles. The molecule has 2 heterocycles. The van der Waals surface area contributed by atoms with E-state index in [1.54, 1.807) is 0 Å². The zero-order valence-electron chi connectivity index (χ0n) is 15.8. The quantitative estimate of drug-likeness (QED) is 0.477. The molecule has 0 saturated heterocycles. The van der Waals surface area contributed by atoms with Gasteiger partial charge in [-0.2, -0.15) is 0 Å². The molecule has 0 aliphatic heterocycles. The van der Waals surface area contributed by atoms with Crippen molar-refractivity contribution in [3.8, 4) is 11.1 Å². The molecule has 4 rings (SSSR count). The summed E-state index contributed by atoms with van der Waals surface area (Å²) in [5.41, 5.74) is 2.94. The first-order valence-corrected chi connectivity index (χ1v) is 11.5. The number of fused-ring (bicyclic) bond motifs is 1. The fraction of sp³-hybridized carbons (Fsp3) is 0.381. The molecule has 1 aliphatic carbocycles. The maximum Gasteiger partial charge on any atom is 0.260 e. The van der Waals surface area contributed by atoms with Crippen LogP contribution in [0.2, 0.25) is 0 Å². The molecule has 0 atom stereocenters. The number of carbonyl (C=O) groups is 1. The number of rotatable bonds is 5. The lowest BCUT2D eigenvalue weighted by Crippen LogP contribution is -2.37. The van der Waals surface area contributed by atoms with Crippen LogP contribution in [-0.2, 0) is 4.79 Å². The largest absolute Gasteiger partial charge is 0.353 e. The summed E-state index contributed by atoms with van der Waals surface area (Å²) in [5.74, 6) is 0.271. The summed E-state index contributed by atoms with van der Waals surface area (Å²) in [7, 11) is 0. The standard InChI is InChI=1S/C21H23N3O2S2/c1-13-7-9-14(10-8-13)16-11-27-20-18(16)19(26)23-21(24-20)28-12-17(25)22-15-5-3-2-4-6-15/h7-11,15H,2-6,12H2,1H3,(H,22,25)(H,23,24,26). The molecule has 1 fully saturated rings. The number of carbonyl (C=O) groups excluding carboxylic acids is 1. The fourth-order valence-electron chi connectivity index (χ4n) is 3.59. The Hall–Kier alpha value is -2.12. The Bertz CT molecular complexity index is 1030. The summed E-state index contributed by atoms with van der Waals surface area (Å²) in [5, 5.41) is 6.18. The van der Waals surface area contributed by atoms with Gasteiger partial charge in [-0.1, -0.05) is 60.9 Å². The molecular formula is C21H23N3O2S2. The fourth-order valence-corrected chi connectivity index (χ4v) is 5.27. The highest BCUT2D eigenvalue weighted by Gasteiger charge is 2.17. The molecule has 0 bridgehead atoms. The normalized spacial score (nSPS) is 15.0. The number of aromatic amines is 1. The molecule has 3 aromatic rings. The van der Waals surface area contributed by atoms with Crippen molar-refractivity contribution in [3.63, 3.8) is 0 Å². The Morgan fingerprint density at radius 3 is 2.75 bits per heavy atom. The van der Waals surface area contributed by atoms with E-state index in [-0.39, 0.29) is 17.2 Å². The van der Waals surface area contributed by atoms with Gasteiger partial charge in [-0.05, 0) is 25.3 Å². The Balaban J connectivity index is 1.48. The van der Waals surface area contributed by atoms with Crippen LogP contribution in [0.25, 0.3) is 21.3 Å². The number of benzene rings is 1. The van der Waals surface area contributed by atoms with Crippen LogP contribution in [0.1, 0.15) is 37.7 Å². The smallest absolute Gasteiger partial charge is 0.260 e. The van der Waals surface area contributed by atoms with Crippen molar-refractivity contribution in [1.82, 2.24) is 15.3 Å². The van der Waals surface area contributed by atoms with Gasteiger partial charge < -0.3 is 10.3 Å². The van der Waals surface area contributed by atoms with Crippen LogP contribution in [0, 0.1) is 6.92 Å². The lowest BCUT2D eigenvalue weighted by molar-refractivity contribution is -0.119. The number of hydrogen-bond acceptors (Lipinski definition) is 5. The van der Waals surface area contributed by atoms with E-state index in [4.69, 9.17) is 0 Å². The lowest BCUT2D eigenvalue weighted by atomic mass is 9.95. The van der Waals surface area contributed by atoms with Crippen LogP contribution in [0.4, 0.5) is 0 Å². The molecule has 2 N–H and O–H groups in total. The molecule has 0 radical (unpaired) electrons. The first kappa shape index (κ1) is 19.2. The molecule has 1 amide bonds. The highest BCUT2D eigenvalue weighted by molar-refractivity contribution is 7.99. The third-order valence-corrected chi connectivity index (χ3v) is 6.84. The van der Waals surface area contributed by atoms with Crippen molar-refractivity contribution >= 4 is 39.2 Å². The van der Waals surface area contributed by atoms with E-state index in [0.717, 1.165) is 24.0 Å². The monoisotopic (exact) mass is 413 g/mol. The molecule has 146 valence electrons. The predicted molar refractivity (Wildman–Crippen MR) is 116 cm³/mol. The van der Waals surface area contributed by atoms with Crippen LogP contribution < -0.4 is 10.9 Å². The van der Waals surface area contributed by atoms with E-state index >= 15 is 0 Å². The van der Waals surface area contributed by atoms with Crippen LogP contribution in [0.15, 0.2) is 39.6 Å². The summed E-state index contributed by atoms with van der Waals surface area (Å²) in [4.78, 5) is 33.0. The molecule has 0 spiro atoms. The number of nitrogens with zero attached hydrogens (tertiary/aromatic N) is 1. The summed E-state index contributed by atoms with van der Waals surface area (Å²) < 4.78 is 0. The Morgan fingerprint density at radius 1 is 1.25 bits per heavy atom. The minimum atomic E-state index is -0.156. The second-order valence-corrected chi connectivity index (χ2v) is 9.08. The van der Waals surface area contributed by atoms with E-state index in [1.807, 2.05) is 36.6 Å². The van der Waals surface area contributed by atoms with Crippen molar-refractivity contribution < 1.29 is 4.79 Å². The zero-order chi connectivity index (χ0) is 19.5. The maximum absolute atomic E-state index is 12.7. The number of aromatic nitrogens is 2. The Kier molecular flexibility index (Phi) is 5.82. The number of aryl methyl sites for hydroxylation is 1. The van der Waals surface area contributed by atoms with E-state index in [9.17, 15) is 9.59 Å². The zero-order valence-corrected chi connectivity index (χ0v) is 17.4. The third-order valence-electron chi connectivity index (χ3n) is 5.10. The Morgan fingerprint density at radius 2 is 2.00 bits per heavy atom. The second-order valence-electron chi connectivity index (χ2n) is 7.26. The van der Waals surface area contributed by atoms with Gasteiger partial charge in [0.2, 0.25) is 5.91 Å². The summed E-state index contributed by atoms with van der Waals surface area (Å²) >= 11 is 2.74. The second kappa shape index (κ2) is 8.49. The number of thioether (sulfide) groups is 1. The lowest BCUT2D eigenvalue weighted by Gasteiger charge is -2.22. The van der Waals surface area contributed by atoms with Crippen LogP contribution in [0.3, 0.4) is 0 Å². The van der Waals surface area contributed by atoms with Gasteiger partial charge in [-0.15, -0.1) is 11.3 Å². The highest BCUT2D eigenvalue weighted by Crippen LogP contribution is 2.31. The van der Waals surface area contributed by atoms with Crippen molar-refractivity contribution in [2.24, 2.45) is 0 Å². The Labute approximate surface area is 172 Å². The van der Waals surface area contributed by atoms with Crippen LogP contribution in [0.5, 0.6) is 0 Å². The first-order valence-electron chi connectivity index (χ1n) is 9.61. The summed E-state index contributed by atoms with van der Waals surface area (Å²) in [6, 6.07) is 8.42. The van der Waals surface area contributed by atoms with E-state index in [2.05, 4.69) is 15.3 Å². The van der Waals surface area contributed by atoms with Crippen molar-refractivity contribution in [2.45, 2.75) is 50.2 Å². The number of amides is 1. The van der Waals surface area contributed by atoms with Gasteiger partial charge in [0.15, 0.2) is 5.16 Å². The van der Waals surface area contributed by atoms with Gasteiger partial charge >= 0.3 is 0 Å². The van der Waals surface area contributed by atoms with Crippen molar-refractivity contribution in [1.29, 1.82) is 0 Å². The van der Waals surface area contributed by atoms with E-state index < -0.39 is 0 Å². The molecule has 7 heteroatoms. The van der Waals surface area contributed by atoms with Gasteiger partial charge in [-0.3, -0.25) is 9.59 Å². The van der Waals surface area contributed by atoms with Gasteiger partial charge in [0.1, 0.15) is 4.83 Å². The average molecular weight is 414 g/mol. The van der Waals surface area contributed by atoms with Gasteiger partial charge in [-0.25, -0.2) is 4.98 Å². The minimum absolute atomic E-state index is 0.00571. The number of hydrogen-bond donors (Lipinski definition) is 2. The molecule has 1 aromatic carbocycles. The molecular weight excluding hydrogens is 390 g/mol. The van der Waals surface area contributed by atoms with Gasteiger partial charge in [0.25, 0.3) is 5.56 Å². The van der Waals surface area contributed by atoms with Crippen LogP contribution >= 0.6 is 23.1 Å². The number of nitrogens with one attached hydrogen (secondary N) is 2. The topological polar surface area (TPSA) is 74.8 Å². The first-order chi connectivity index (χ1) is 13.6. The molecule has 5 nitrogen and oxygen atoms in total. The summed E-state index contributed by atoms with van der Waals surface area (Å²) in [6.07, 6.45) is 5.76. The molecule has 28 heavy (non-hydrogen) atoms. The van der Waals surface area contributed by atoms with Gasteiger partial charge in [0.05, 0.1) is 11.1 Å². The molecule has 0 unspecified atom stereocenters. The summed E-state index contributed by atoms with van der Waals surface area (Å²) in [6.45, 7) is 2.04. The number of H-pyrrole nitrogens is 1. The van der Waals surface area contributed by atoms with Crippen molar-refractivity contribution in [3.05, 3.63) is 45.6 Å². The minimum Gasteiger partial charge on any atom is -0.353 e. The SMILES string of the molecule is Cc1ccc(-c2csc3nc(SCC(=O)NC4CCCCC4)[nH]c(=O)c23)cc1. The van der Waals surface area contributed by atoms with Crippen LogP contribution in [-0.4, -0.2) is 27.7 Å².